The van der Waals surface area contributed by atoms with Gasteiger partial charge >= 0.3 is 0 Å². The Morgan fingerprint density at radius 3 is 2.65 bits per heavy atom. The van der Waals surface area contributed by atoms with E-state index in [2.05, 4.69) is 20.4 Å². The number of amides is 2. The lowest BCUT2D eigenvalue weighted by molar-refractivity contribution is -0.131. The molecule has 3 aromatic rings. The van der Waals surface area contributed by atoms with E-state index in [1.807, 2.05) is 35.2 Å². The molecule has 1 aliphatic rings. The molecule has 0 spiro atoms. The van der Waals surface area contributed by atoms with Crippen LogP contribution >= 0.6 is 23.1 Å². The number of aryl methyl sites for hydroxylation is 1. The smallest absolute Gasteiger partial charge is 0.230 e. The summed E-state index contributed by atoms with van der Waals surface area (Å²) in [5, 5.41) is 12.1. The van der Waals surface area contributed by atoms with Crippen LogP contribution in [0.3, 0.4) is 0 Å². The highest BCUT2D eigenvalue weighted by Crippen LogP contribution is 2.28. The molecule has 9 nitrogen and oxygen atoms in total. The molecule has 1 aliphatic heterocycles. The molecule has 2 amide bonds. The zero-order valence-corrected chi connectivity index (χ0v) is 20.6. The standard InChI is InChI=1S/C23H27N5O4S2/c1-31-18-7-4-17(5-8-18)6-9-21(30)27-10-12-28(13-11-27)22-25-26-23(34-22)33-16-20(29)24-15-19-3-2-14-32-19/h2-5,7-8,14H,6,9-13,15-16H2,1H3,(H,24,29). The second-order valence-electron chi connectivity index (χ2n) is 7.71. The van der Waals surface area contributed by atoms with Gasteiger partial charge in [0.1, 0.15) is 11.5 Å². The van der Waals surface area contributed by atoms with Gasteiger partial charge in [0.2, 0.25) is 16.9 Å². The average Bonchev–Trinajstić information content (AvgIpc) is 3.58. The minimum absolute atomic E-state index is 0.0834. The third-order valence-electron chi connectivity index (χ3n) is 5.45. The van der Waals surface area contributed by atoms with Crippen molar-refractivity contribution in [3.8, 4) is 5.75 Å². The molecule has 0 bridgehead atoms. The van der Waals surface area contributed by atoms with Gasteiger partial charge < -0.3 is 24.3 Å². The average molecular weight is 502 g/mol. The van der Waals surface area contributed by atoms with Crippen LogP contribution in [-0.2, 0) is 22.6 Å². The number of thioether (sulfide) groups is 1. The zero-order chi connectivity index (χ0) is 23.8. The Morgan fingerprint density at radius 1 is 1.15 bits per heavy atom. The predicted molar refractivity (Wildman–Crippen MR) is 131 cm³/mol. The lowest BCUT2D eigenvalue weighted by atomic mass is 10.1. The number of benzene rings is 1. The van der Waals surface area contributed by atoms with E-state index < -0.39 is 0 Å². The number of ether oxygens (including phenoxy) is 1. The van der Waals surface area contributed by atoms with Crippen molar-refractivity contribution in [2.75, 3.05) is 43.9 Å². The van der Waals surface area contributed by atoms with Gasteiger partial charge in [-0.15, -0.1) is 10.2 Å². The van der Waals surface area contributed by atoms with Gasteiger partial charge in [-0.25, -0.2) is 0 Å². The molecular weight excluding hydrogens is 474 g/mol. The summed E-state index contributed by atoms with van der Waals surface area (Å²) in [7, 11) is 1.64. The van der Waals surface area contributed by atoms with Crippen LogP contribution in [0.1, 0.15) is 17.7 Å². The van der Waals surface area contributed by atoms with Gasteiger partial charge in [-0.1, -0.05) is 35.2 Å². The SMILES string of the molecule is COc1ccc(CCC(=O)N2CCN(c3nnc(SCC(=O)NCc4ccco4)s3)CC2)cc1. The molecule has 3 heterocycles. The van der Waals surface area contributed by atoms with Crippen molar-refractivity contribution in [1.82, 2.24) is 20.4 Å². The van der Waals surface area contributed by atoms with E-state index in [1.165, 1.54) is 23.1 Å². The fourth-order valence-corrected chi connectivity index (χ4v) is 5.24. The van der Waals surface area contributed by atoms with Crippen molar-refractivity contribution in [2.45, 2.75) is 23.7 Å². The Balaban J connectivity index is 1.16. The number of hydrogen-bond acceptors (Lipinski definition) is 9. The van der Waals surface area contributed by atoms with Crippen molar-refractivity contribution in [1.29, 1.82) is 0 Å². The number of piperazine rings is 1. The summed E-state index contributed by atoms with van der Waals surface area (Å²) in [5.41, 5.74) is 1.13. The van der Waals surface area contributed by atoms with Crippen molar-refractivity contribution in [3.05, 3.63) is 54.0 Å². The Hall–Kier alpha value is -3.05. The molecule has 0 radical (unpaired) electrons. The maximum atomic E-state index is 12.6. The first kappa shape index (κ1) is 24.1. The number of aromatic nitrogens is 2. The zero-order valence-electron chi connectivity index (χ0n) is 18.9. The predicted octanol–water partition coefficient (Wildman–Crippen LogP) is 2.83. The third kappa shape index (κ3) is 6.73. The van der Waals surface area contributed by atoms with E-state index in [1.54, 1.807) is 19.4 Å². The molecule has 1 aromatic carbocycles. The van der Waals surface area contributed by atoms with E-state index in [9.17, 15) is 9.59 Å². The molecule has 4 rings (SSSR count). The molecule has 180 valence electrons. The molecule has 1 fully saturated rings. The molecule has 0 atom stereocenters. The number of nitrogens with one attached hydrogen (secondary N) is 1. The maximum absolute atomic E-state index is 12.6. The molecule has 0 aliphatic carbocycles. The van der Waals surface area contributed by atoms with Crippen molar-refractivity contribution >= 4 is 40.0 Å². The Labute approximate surface area is 206 Å². The van der Waals surface area contributed by atoms with Crippen LogP contribution in [-0.4, -0.2) is 66.0 Å². The number of carbonyl (C=O) groups is 2. The molecule has 2 aromatic heterocycles. The van der Waals surface area contributed by atoms with Crippen LogP contribution in [0.15, 0.2) is 51.4 Å². The highest BCUT2D eigenvalue weighted by Gasteiger charge is 2.23. The summed E-state index contributed by atoms with van der Waals surface area (Å²) in [6, 6.07) is 11.4. The van der Waals surface area contributed by atoms with E-state index in [-0.39, 0.29) is 17.6 Å². The van der Waals surface area contributed by atoms with Crippen LogP contribution in [0.2, 0.25) is 0 Å². The number of hydrogen-bond donors (Lipinski definition) is 1. The van der Waals surface area contributed by atoms with E-state index in [0.717, 1.165) is 46.1 Å². The molecular formula is C23H27N5O4S2. The highest BCUT2D eigenvalue weighted by atomic mass is 32.2. The van der Waals surface area contributed by atoms with Gasteiger partial charge in [-0.3, -0.25) is 9.59 Å². The largest absolute Gasteiger partial charge is 0.497 e. The summed E-state index contributed by atoms with van der Waals surface area (Å²) < 4.78 is 11.1. The van der Waals surface area contributed by atoms with Crippen LogP contribution in [0.25, 0.3) is 0 Å². The van der Waals surface area contributed by atoms with Crippen LogP contribution in [0, 0.1) is 0 Å². The Morgan fingerprint density at radius 2 is 1.94 bits per heavy atom. The lowest BCUT2D eigenvalue weighted by Gasteiger charge is -2.34. The summed E-state index contributed by atoms with van der Waals surface area (Å²) in [6.07, 6.45) is 2.79. The van der Waals surface area contributed by atoms with Gasteiger partial charge in [0.05, 0.1) is 25.7 Å². The number of furan rings is 1. The molecule has 0 unspecified atom stereocenters. The van der Waals surface area contributed by atoms with Crippen LogP contribution in [0.4, 0.5) is 5.13 Å². The molecule has 34 heavy (non-hydrogen) atoms. The highest BCUT2D eigenvalue weighted by molar-refractivity contribution is 8.01. The summed E-state index contributed by atoms with van der Waals surface area (Å²) >= 11 is 2.84. The van der Waals surface area contributed by atoms with Gasteiger partial charge in [0.15, 0.2) is 4.34 Å². The van der Waals surface area contributed by atoms with Gasteiger partial charge in [-0.05, 0) is 36.2 Å². The van der Waals surface area contributed by atoms with Crippen molar-refractivity contribution < 1.29 is 18.7 Å². The second-order valence-corrected chi connectivity index (χ2v) is 9.89. The maximum Gasteiger partial charge on any atom is 0.230 e. The summed E-state index contributed by atoms with van der Waals surface area (Å²) in [4.78, 5) is 28.7. The fraction of sp³-hybridized carbons (Fsp3) is 0.391. The summed E-state index contributed by atoms with van der Waals surface area (Å²) in [5.74, 6) is 1.89. The second kappa shape index (κ2) is 11.9. The lowest BCUT2D eigenvalue weighted by Crippen LogP contribution is -2.48. The number of carbonyl (C=O) groups excluding carboxylic acids is 2. The van der Waals surface area contributed by atoms with Crippen LogP contribution < -0.4 is 15.0 Å². The van der Waals surface area contributed by atoms with Crippen molar-refractivity contribution in [2.24, 2.45) is 0 Å². The first-order valence-electron chi connectivity index (χ1n) is 11.0. The number of nitrogens with zero attached hydrogens (tertiary/aromatic N) is 4. The van der Waals surface area contributed by atoms with Gasteiger partial charge in [0, 0.05) is 32.6 Å². The molecule has 1 N–H and O–H groups in total. The monoisotopic (exact) mass is 501 g/mol. The molecule has 11 heteroatoms. The first-order valence-corrected chi connectivity index (χ1v) is 12.8. The fourth-order valence-electron chi connectivity index (χ4n) is 3.51. The number of anilines is 1. The minimum atomic E-state index is -0.0834. The van der Waals surface area contributed by atoms with E-state index >= 15 is 0 Å². The van der Waals surface area contributed by atoms with Gasteiger partial charge in [-0.2, -0.15) is 0 Å². The van der Waals surface area contributed by atoms with Gasteiger partial charge in [0.25, 0.3) is 0 Å². The van der Waals surface area contributed by atoms with E-state index in [4.69, 9.17) is 9.15 Å². The minimum Gasteiger partial charge on any atom is -0.497 e. The molecule has 1 saturated heterocycles. The Bertz CT molecular complexity index is 1060. The third-order valence-corrected chi connectivity index (χ3v) is 7.57. The van der Waals surface area contributed by atoms with Crippen molar-refractivity contribution in [3.63, 3.8) is 0 Å². The van der Waals surface area contributed by atoms with E-state index in [0.29, 0.717) is 26.1 Å². The topological polar surface area (TPSA) is 101 Å². The quantitative estimate of drug-likeness (QED) is 0.423. The normalized spacial score (nSPS) is 13.7. The van der Waals surface area contributed by atoms with Crippen LogP contribution in [0.5, 0.6) is 5.75 Å². The number of methoxy groups -OCH3 is 1. The summed E-state index contributed by atoms with van der Waals surface area (Å²) in [6.45, 7) is 3.14. The first-order chi connectivity index (χ1) is 16.6. The number of rotatable bonds is 10. The molecule has 0 saturated carbocycles. The Kier molecular flexibility index (Phi) is 8.42.